The molecular weight excluding hydrogens is 789 g/mol. The molecule has 0 spiro atoms. The normalized spacial score (nSPS) is 12.7. The van der Waals surface area contributed by atoms with Crippen molar-refractivity contribution in [3.05, 3.63) is 72.9 Å². The fourth-order valence-corrected chi connectivity index (χ4v) is 7.64. The Balaban J connectivity index is 4.27. The van der Waals surface area contributed by atoms with E-state index in [4.69, 9.17) is 14.2 Å². The summed E-state index contributed by atoms with van der Waals surface area (Å²) in [6, 6.07) is 0. The van der Waals surface area contributed by atoms with Crippen LogP contribution in [0.3, 0.4) is 0 Å². The van der Waals surface area contributed by atoms with Gasteiger partial charge in [0.05, 0.1) is 6.61 Å². The van der Waals surface area contributed by atoms with E-state index < -0.39 is 6.10 Å². The van der Waals surface area contributed by atoms with Crippen LogP contribution < -0.4 is 0 Å². The molecule has 0 N–H and O–H groups in total. The summed E-state index contributed by atoms with van der Waals surface area (Å²) in [5, 5.41) is 0. The monoisotopic (exact) mass is 893 g/mol. The minimum atomic E-state index is -0.563. The van der Waals surface area contributed by atoms with Crippen LogP contribution in [0.1, 0.15) is 265 Å². The molecule has 0 radical (unpaired) electrons. The number of carbonyl (C=O) groups excluding carboxylic acids is 2. The van der Waals surface area contributed by atoms with Gasteiger partial charge in [0.25, 0.3) is 0 Å². The highest BCUT2D eigenvalue weighted by atomic mass is 16.6. The molecule has 0 aliphatic carbocycles. The standard InChI is InChI=1S/C59H104O5/c1-4-7-10-13-16-19-22-24-26-28-30-31-33-35-38-40-43-46-49-52-58(60)63-56-57(64-59(61)53-50-47-44-41-37-21-18-15-12-9-6-3)55-62-54-51-48-45-42-39-36-34-32-29-27-25-23-20-17-14-11-8-5-2/h8,11,15,17-18,20,25,27,32,34,39,42,57H,4-7,9-10,12-14,16,19,21-24,26,28-31,33,35-38,40-41,43-56H2,1-3H3/b11-8-,18-15-,20-17-,27-25-,34-32-,42-39-. The lowest BCUT2D eigenvalue weighted by Gasteiger charge is -2.18. The van der Waals surface area contributed by atoms with E-state index >= 15 is 0 Å². The molecule has 370 valence electrons. The number of carbonyl (C=O) groups is 2. The van der Waals surface area contributed by atoms with Crippen molar-refractivity contribution in [3.63, 3.8) is 0 Å². The fraction of sp³-hybridized carbons (Fsp3) is 0.763. The maximum Gasteiger partial charge on any atom is 0.306 e. The van der Waals surface area contributed by atoms with Crippen LogP contribution in [0, 0.1) is 0 Å². The Morgan fingerprint density at radius 3 is 1.19 bits per heavy atom. The number of allylic oxidation sites excluding steroid dienone is 12. The molecule has 0 heterocycles. The topological polar surface area (TPSA) is 61.8 Å². The van der Waals surface area contributed by atoms with E-state index in [1.54, 1.807) is 0 Å². The Morgan fingerprint density at radius 2 is 0.719 bits per heavy atom. The van der Waals surface area contributed by atoms with Crippen LogP contribution in [-0.4, -0.2) is 37.9 Å². The maximum absolute atomic E-state index is 12.8. The Morgan fingerprint density at radius 1 is 0.359 bits per heavy atom. The van der Waals surface area contributed by atoms with Gasteiger partial charge in [-0.3, -0.25) is 9.59 Å². The van der Waals surface area contributed by atoms with E-state index in [-0.39, 0.29) is 25.2 Å². The summed E-state index contributed by atoms with van der Waals surface area (Å²) in [6.45, 7) is 7.60. The van der Waals surface area contributed by atoms with Crippen LogP contribution >= 0.6 is 0 Å². The van der Waals surface area contributed by atoms with Gasteiger partial charge < -0.3 is 14.2 Å². The lowest BCUT2D eigenvalue weighted by molar-refractivity contribution is -0.163. The van der Waals surface area contributed by atoms with Crippen molar-refractivity contribution in [1.82, 2.24) is 0 Å². The molecule has 0 aromatic carbocycles. The van der Waals surface area contributed by atoms with Crippen LogP contribution in [0.15, 0.2) is 72.9 Å². The van der Waals surface area contributed by atoms with Gasteiger partial charge in [0.15, 0.2) is 6.10 Å². The minimum absolute atomic E-state index is 0.0650. The van der Waals surface area contributed by atoms with Crippen LogP contribution in [0.5, 0.6) is 0 Å². The molecule has 1 unspecified atom stereocenters. The summed E-state index contributed by atoms with van der Waals surface area (Å²) in [5.74, 6) is -0.425. The first-order valence-electron chi connectivity index (χ1n) is 27.5. The Hall–Kier alpha value is -2.66. The first-order chi connectivity index (χ1) is 31.6. The van der Waals surface area contributed by atoms with Gasteiger partial charge in [0.2, 0.25) is 0 Å². The summed E-state index contributed by atoms with van der Waals surface area (Å²) >= 11 is 0. The lowest BCUT2D eigenvalue weighted by Crippen LogP contribution is -2.30. The SMILES string of the molecule is CC/C=C\C/C=C\C/C=C\C/C=C\C/C=C\CCCCOCC(COC(=O)CCCCCCCCCCCCCCCCCCCCC)OC(=O)CCCCCCC/C=C\CCCC. The molecule has 5 heteroatoms. The minimum Gasteiger partial charge on any atom is -0.462 e. The smallest absolute Gasteiger partial charge is 0.306 e. The zero-order chi connectivity index (χ0) is 46.3. The first kappa shape index (κ1) is 61.3. The molecule has 0 aromatic heterocycles. The zero-order valence-electron chi connectivity index (χ0n) is 42.5. The predicted molar refractivity (Wildman–Crippen MR) is 279 cm³/mol. The molecule has 1 atom stereocenters. The Bertz CT molecular complexity index is 1150. The van der Waals surface area contributed by atoms with Crippen LogP contribution in [0.2, 0.25) is 0 Å². The molecule has 0 aliphatic rings. The van der Waals surface area contributed by atoms with Crippen molar-refractivity contribution in [2.75, 3.05) is 19.8 Å². The van der Waals surface area contributed by atoms with E-state index in [9.17, 15) is 9.59 Å². The van der Waals surface area contributed by atoms with E-state index in [1.165, 1.54) is 141 Å². The van der Waals surface area contributed by atoms with Gasteiger partial charge in [-0.25, -0.2) is 0 Å². The van der Waals surface area contributed by atoms with Gasteiger partial charge in [-0.15, -0.1) is 0 Å². The second kappa shape index (κ2) is 54.7. The number of unbranched alkanes of at least 4 members (excludes halogenated alkanes) is 27. The molecule has 0 rings (SSSR count). The summed E-state index contributed by atoms with van der Waals surface area (Å²) in [5.41, 5.74) is 0. The average Bonchev–Trinajstić information content (AvgIpc) is 3.30. The molecule has 5 nitrogen and oxygen atoms in total. The van der Waals surface area contributed by atoms with Crippen molar-refractivity contribution in [3.8, 4) is 0 Å². The summed E-state index contributed by atoms with van der Waals surface area (Å²) in [7, 11) is 0. The third-order valence-corrected chi connectivity index (χ3v) is 11.7. The number of rotatable bonds is 50. The predicted octanol–water partition coefficient (Wildman–Crippen LogP) is 18.7. The maximum atomic E-state index is 12.8. The molecule has 0 fully saturated rings. The van der Waals surface area contributed by atoms with Crippen LogP contribution in [-0.2, 0) is 23.8 Å². The number of hydrogen-bond donors (Lipinski definition) is 0. The molecule has 0 saturated heterocycles. The largest absolute Gasteiger partial charge is 0.462 e. The third kappa shape index (κ3) is 52.0. The van der Waals surface area contributed by atoms with Gasteiger partial charge in [0, 0.05) is 19.4 Å². The van der Waals surface area contributed by atoms with Crippen molar-refractivity contribution in [2.24, 2.45) is 0 Å². The van der Waals surface area contributed by atoms with E-state index in [2.05, 4.69) is 93.7 Å². The van der Waals surface area contributed by atoms with Crippen molar-refractivity contribution >= 4 is 11.9 Å². The van der Waals surface area contributed by atoms with Gasteiger partial charge in [0.1, 0.15) is 6.61 Å². The van der Waals surface area contributed by atoms with E-state index in [0.717, 1.165) is 89.9 Å². The molecule has 0 bridgehead atoms. The molecule has 0 amide bonds. The first-order valence-corrected chi connectivity index (χ1v) is 27.5. The summed E-state index contributed by atoms with van der Waals surface area (Å²) in [4.78, 5) is 25.4. The molecule has 0 aromatic rings. The number of hydrogen-bond acceptors (Lipinski definition) is 5. The quantitative estimate of drug-likeness (QED) is 0.0346. The molecular formula is C59H104O5. The highest BCUT2D eigenvalue weighted by molar-refractivity contribution is 5.70. The van der Waals surface area contributed by atoms with Crippen molar-refractivity contribution < 1.29 is 23.8 Å². The van der Waals surface area contributed by atoms with E-state index in [1.807, 2.05) is 0 Å². The Labute approximate surface area is 397 Å². The van der Waals surface area contributed by atoms with Crippen molar-refractivity contribution in [1.29, 1.82) is 0 Å². The average molecular weight is 893 g/mol. The van der Waals surface area contributed by atoms with Gasteiger partial charge in [-0.1, -0.05) is 241 Å². The highest BCUT2D eigenvalue weighted by Gasteiger charge is 2.17. The van der Waals surface area contributed by atoms with Crippen LogP contribution in [0.4, 0.5) is 0 Å². The summed E-state index contributed by atoms with van der Waals surface area (Å²) in [6.07, 6.45) is 70.7. The van der Waals surface area contributed by atoms with E-state index in [0.29, 0.717) is 19.4 Å². The highest BCUT2D eigenvalue weighted by Crippen LogP contribution is 2.16. The van der Waals surface area contributed by atoms with Gasteiger partial charge in [-0.2, -0.15) is 0 Å². The second-order valence-electron chi connectivity index (χ2n) is 18.1. The Kier molecular flexibility index (Phi) is 52.4. The zero-order valence-corrected chi connectivity index (χ0v) is 42.5. The van der Waals surface area contributed by atoms with Gasteiger partial charge >= 0.3 is 11.9 Å². The third-order valence-electron chi connectivity index (χ3n) is 11.7. The van der Waals surface area contributed by atoms with Crippen molar-refractivity contribution in [2.45, 2.75) is 271 Å². The molecule has 0 saturated carbocycles. The second-order valence-corrected chi connectivity index (χ2v) is 18.1. The number of ether oxygens (including phenoxy) is 3. The van der Waals surface area contributed by atoms with Crippen LogP contribution in [0.25, 0.3) is 0 Å². The fourth-order valence-electron chi connectivity index (χ4n) is 7.64. The molecule has 64 heavy (non-hydrogen) atoms. The van der Waals surface area contributed by atoms with Gasteiger partial charge in [-0.05, 0) is 83.5 Å². The molecule has 0 aliphatic heterocycles. The summed E-state index contributed by atoms with van der Waals surface area (Å²) < 4.78 is 17.4. The lowest BCUT2D eigenvalue weighted by atomic mass is 10.0. The number of esters is 2.